The van der Waals surface area contributed by atoms with Crippen LogP contribution in [0.2, 0.25) is 5.02 Å². The molecule has 136 valence electrons. The van der Waals surface area contributed by atoms with Crippen molar-refractivity contribution >= 4 is 23.1 Å². The molecule has 7 heteroatoms. The van der Waals surface area contributed by atoms with Crippen molar-refractivity contribution in [2.45, 2.75) is 26.3 Å². The molecule has 0 unspecified atom stereocenters. The minimum absolute atomic E-state index is 0.664. The fourth-order valence-electron chi connectivity index (χ4n) is 3.46. The molecule has 1 aromatic carbocycles. The van der Waals surface area contributed by atoms with Crippen molar-refractivity contribution in [3.05, 3.63) is 52.8 Å². The molecular formula is C19H23ClN6. The van der Waals surface area contributed by atoms with Crippen molar-refractivity contribution in [2.24, 2.45) is 5.92 Å². The Labute approximate surface area is 158 Å². The van der Waals surface area contributed by atoms with Crippen molar-refractivity contribution in [3.63, 3.8) is 0 Å². The molecule has 26 heavy (non-hydrogen) atoms. The van der Waals surface area contributed by atoms with Crippen LogP contribution in [0.1, 0.15) is 24.2 Å². The van der Waals surface area contributed by atoms with Crippen LogP contribution in [0.15, 0.2) is 36.4 Å². The Hall–Kier alpha value is -2.18. The zero-order chi connectivity index (χ0) is 17.9. The lowest BCUT2D eigenvalue weighted by molar-refractivity contribution is 0.182. The number of nitrogens with one attached hydrogen (secondary N) is 1. The third kappa shape index (κ3) is 3.81. The highest BCUT2D eigenvalue weighted by atomic mass is 35.5. The van der Waals surface area contributed by atoms with Crippen LogP contribution in [0.5, 0.6) is 0 Å². The maximum atomic E-state index is 6.28. The van der Waals surface area contributed by atoms with Gasteiger partial charge in [0.25, 0.3) is 0 Å². The van der Waals surface area contributed by atoms with Crippen LogP contribution in [-0.2, 0) is 6.54 Å². The lowest BCUT2D eigenvalue weighted by atomic mass is 9.96. The summed E-state index contributed by atoms with van der Waals surface area (Å²) >= 11 is 6.28. The van der Waals surface area contributed by atoms with E-state index < -0.39 is 0 Å². The number of rotatable bonds is 5. The summed E-state index contributed by atoms with van der Waals surface area (Å²) in [4.78, 5) is 2.49. The Morgan fingerprint density at radius 3 is 2.73 bits per heavy atom. The third-order valence-electron chi connectivity index (χ3n) is 5.05. The van der Waals surface area contributed by atoms with E-state index in [1.165, 1.54) is 18.4 Å². The number of benzene rings is 1. The summed E-state index contributed by atoms with van der Waals surface area (Å²) in [7, 11) is 0. The van der Waals surface area contributed by atoms with E-state index in [0.717, 1.165) is 48.5 Å². The van der Waals surface area contributed by atoms with Crippen molar-refractivity contribution in [3.8, 4) is 0 Å². The number of likely N-dealkylation sites (tertiary alicyclic amines) is 1. The van der Waals surface area contributed by atoms with E-state index >= 15 is 0 Å². The zero-order valence-electron chi connectivity index (χ0n) is 14.9. The highest BCUT2D eigenvalue weighted by Crippen LogP contribution is 2.22. The van der Waals surface area contributed by atoms with E-state index in [9.17, 15) is 0 Å². The monoisotopic (exact) mass is 370 g/mol. The van der Waals surface area contributed by atoms with E-state index in [-0.39, 0.29) is 0 Å². The molecule has 1 fully saturated rings. The topological polar surface area (TPSA) is 58.4 Å². The highest BCUT2D eigenvalue weighted by Gasteiger charge is 2.20. The van der Waals surface area contributed by atoms with Crippen LogP contribution in [-0.4, -0.2) is 44.3 Å². The molecule has 1 aliphatic heterocycles. The van der Waals surface area contributed by atoms with Gasteiger partial charge in [-0.25, -0.2) is 0 Å². The van der Waals surface area contributed by atoms with Crippen molar-refractivity contribution in [1.29, 1.82) is 0 Å². The van der Waals surface area contributed by atoms with Gasteiger partial charge >= 0.3 is 0 Å². The summed E-state index contributed by atoms with van der Waals surface area (Å²) in [5.74, 6) is 2.34. The van der Waals surface area contributed by atoms with Crippen molar-refractivity contribution < 1.29 is 0 Å². The van der Waals surface area contributed by atoms with Crippen LogP contribution in [0, 0.1) is 12.8 Å². The average molecular weight is 371 g/mol. The first kappa shape index (κ1) is 17.2. The predicted octanol–water partition coefficient (Wildman–Crippen LogP) is 3.41. The van der Waals surface area contributed by atoms with Gasteiger partial charge in [0.2, 0.25) is 0 Å². The summed E-state index contributed by atoms with van der Waals surface area (Å²) in [6.45, 7) is 6.00. The summed E-state index contributed by atoms with van der Waals surface area (Å²) in [5, 5.41) is 17.0. The van der Waals surface area contributed by atoms with E-state index in [2.05, 4.69) is 37.6 Å². The van der Waals surface area contributed by atoms with E-state index in [4.69, 9.17) is 11.6 Å². The van der Waals surface area contributed by atoms with E-state index in [1.54, 1.807) is 4.52 Å². The predicted molar refractivity (Wildman–Crippen MR) is 103 cm³/mol. The number of aryl methyl sites for hydroxylation is 1. The first-order valence-corrected chi connectivity index (χ1v) is 9.45. The largest absolute Gasteiger partial charge is 0.368 e. The first-order chi connectivity index (χ1) is 12.7. The Balaban J connectivity index is 1.28. The summed E-state index contributed by atoms with van der Waals surface area (Å²) in [5.41, 5.74) is 1.99. The summed E-state index contributed by atoms with van der Waals surface area (Å²) in [6, 6.07) is 12.0. The van der Waals surface area contributed by atoms with Crippen LogP contribution in [0.4, 0.5) is 5.82 Å². The number of piperidine rings is 1. The summed E-state index contributed by atoms with van der Waals surface area (Å²) < 4.78 is 1.77. The Morgan fingerprint density at radius 1 is 1.12 bits per heavy atom. The summed E-state index contributed by atoms with van der Waals surface area (Å²) in [6.07, 6.45) is 2.37. The van der Waals surface area contributed by atoms with Gasteiger partial charge < -0.3 is 5.32 Å². The maximum Gasteiger partial charge on any atom is 0.178 e. The third-order valence-corrected chi connectivity index (χ3v) is 5.42. The molecule has 1 saturated heterocycles. The van der Waals surface area contributed by atoms with Gasteiger partial charge in [0.15, 0.2) is 11.5 Å². The molecule has 6 nitrogen and oxygen atoms in total. The molecule has 0 spiro atoms. The Morgan fingerprint density at radius 2 is 1.92 bits per heavy atom. The van der Waals surface area contributed by atoms with Gasteiger partial charge in [-0.3, -0.25) is 4.90 Å². The van der Waals surface area contributed by atoms with E-state index in [1.807, 2.05) is 31.2 Å². The van der Waals surface area contributed by atoms with Gasteiger partial charge in [-0.1, -0.05) is 29.8 Å². The molecule has 0 bridgehead atoms. The van der Waals surface area contributed by atoms with Gasteiger partial charge in [0.05, 0.1) is 0 Å². The first-order valence-electron chi connectivity index (χ1n) is 9.08. The van der Waals surface area contributed by atoms with Gasteiger partial charge in [0, 0.05) is 18.1 Å². The van der Waals surface area contributed by atoms with E-state index in [0.29, 0.717) is 5.92 Å². The van der Waals surface area contributed by atoms with Gasteiger partial charge in [-0.05, 0) is 62.5 Å². The fourth-order valence-corrected chi connectivity index (χ4v) is 3.65. The molecule has 1 N–H and O–H groups in total. The smallest absolute Gasteiger partial charge is 0.178 e. The van der Waals surface area contributed by atoms with Crippen LogP contribution >= 0.6 is 11.6 Å². The number of aromatic nitrogens is 4. The highest BCUT2D eigenvalue weighted by molar-refractivity contribution is 6.31. The number of fused-ring (bicyclic) bond motifs is 1. The van der Waals surface area contributed by atoms with Gasteiger partial charge in [-0.15, -0.1) is 15.3 Å². The minimum atomic E-state index is 0.664. The lowest BCUT2D eigenvalue weighted by Gasteiger charge is -2.32. The number of hydrogen-bond donors (Lipinski definition) is 1. The number of anilines is 1. The number of hydrogen-bond acceptors (Lipinski definition) is 5. The Kier molecular flexibility index (Phi) is 5.04. The quantitative estimate of drug-likeness (QED) is 0.745. The van der Waals surface area contributed by atoms with Crippen LogP contribution in [0.3, 0.4) is 0 Å². The molecule has 2 aromatic heterocycles. The van der Waals surface area contributed by atoms with Gasteiger partial charge in [0.1, 0.15) is 5.82 Å². The molecule has 1 aliphatic rings. The SMILES string of the molecule is Cc1nnc2ccc(NCC3CCN(Cc4ccccc4Cl)CC3)nn12. The molecule has 4 rings (SSSR count). The molecule has 0 saturated carbocycles. The molecular weight excluding hydrogens is 348 g/mol. The zero-order valence-corrected chi connectivity index (χ0v) is 15.7. The van der Waals surface area contributed by atoms with Crippen molar-refractivity contribution in [1.82, 2.24) is 24.7 Å². The second kappa shape index (κ2) is 7.60. The molecule has 0 amide bonds. The fraction of sp³-hybridized carbons (Fsp3) is 0.421. The van der Waals surface area contributed by atoms with Crippen LogP contribution in [0.25, 0.3) is 5.65 Å². The number of halogens is 1. The van der Waals surface area contributed by atoms with Gasteiger partial charge in [-0.2, -0.15) is 4.52 Å². The second-order valence-electron chi connectivity index (χ2n) is 6.93. The normalized spacial score (nSPS) is 16.2. The van der Waals surface area contributed by atoms with Crippen LogP contribution < -0.4 is 5.32 Å². The number of nitrogens with zero attached hydrogens (tertiary/aromatic N) is 5. The molecule has 0 radical (unpaired) electrons. The van der Waals surface area contributed by atoms with Crippen molar-refractivity contribution in [2.75, 3.05) is 25.0 Å². The minimum Gasteiger partial charge on any atom is -0.368 e. The Bertz CT molecular complexity index is 885. The molecule has 0 atom stereocenters. The molecule has 3 heterocycles. The maximum absolute atomic E-state index is 6.28. The lowest BCUT2D eigenvalue weighted by Crippen LogP contribution is -2.35. The molecule has 0 aliphatic carbocycles. The average Bonchev–Trinajstić information content (AvgIpc) is 3.04. The molecule has 3 aromatic rings. The second-order valence-corrected chi connectivity index (χ2v) is 7.33. The standard InChI is InChI=1S/C19H23ClN6/c1-14-22-23-19-7-6-18(24-26(14)19)21-12-15-8-10-25(11-9-15)13-16-4-2-3-5-17(16)20/h2-7,15H,8-13H2,1H3,(H,21,24).